The lowest BCUT2D eigenvalue weighted by molar-refractivity contribution is 0.0573. The van der Waals surface area contributed by atoms with Gasteiger partial charge in [0.25, 0.3) is 0 Å². The van der Waals surface area contributed by atoms with E-state index in [-0.39, 0.29) is 12.1 Å². The summed E-state index contributed by atoms with van der Waals surface area (Å²) in [4.78, 5) is 12.2. The van der Waals surface area contributed by atoms with Gasteiger partial charge >= 0.3 is 6.03 Å². The molecule has 0 bridgehead atoms. The first kappa shape index (κ1) is 16.5. The molecule has 0 spiro atoms. The first-order valence-electron chi connectivity index (χ1n) is 8.40. The third-order valence-corrected chi connectivity index (χ3v) is 4.42. The Morgan fingerprint density at radius 1 is 1.33 bits per heavy atom. The summed E-state index contributed by atoms with van der Waals surface area (Å²) in [6.45, 7) is 5.57. The molecule has 0 aliphatic carbocycles. The maximum Gasteiger partial charge on any atom is 0.319 e. The molecule has 0 saturated carbocycles. The summed E-state index contributed by atoms with van der Waals surface area (Å²) in [5, 5.41) is 10.3. The summed E-state index contributed by atoms with van der Waals surface area (Å²) >= 11 is 0. The third-order valence-electron chi connectivity index (χ3n) is 4.42. The predicted molar refractivity (Wildman–Crippen MR) is 93.5 cm³/mol. The molecule has 1 aliphatic rings. The number of amides is 2. The van der Waals surface area contributed by atoms with E-state index in [9.17, 15) is 4.79 Å². The van der Waals surface area contributed by atoms with Crippen LogP contribution in [0.5, 0.6) is 0 Å². The van der Waals surface area contributed by atoms with Crippen molar-refractivity contribution in [2.45, 2.75) is 32.7 Å². The second-order valence-corrected chi connectivity index (χ2v) is 6.29. The van der Waals surface area contributed by atoms with Crippen LogP contribution < -0.4 is 10.6 Å². The number of carbonyl (C=O) groups is 1. The molecule has 1 saturated heterocycles. The van der Waals surface area contributed by atoms with Crippen LogP contribution in [0.1, 0.15) is 25.5 Å². The Morgan fingerprint density at radius 3 is 2.83 bits per heavy atom. The molecule has 24 heavy (non-hydrogen) atoms. The number of nitrogens with one attached hydrogen (secondary N) is 2. The van der Waals surface area contributed by atoms with Gasteiger partial charge in [-0.05, 0) is 56.9 Å². The third kappa shape index (κ3) is 4.14. The first-order chi connectivity index (χ1) is 11.6. The lowest BCUT2D eigenvalue weighted by atomic mass is 9.93. The van der Waals surface area contributed by atoms with E-state index in [0.717, 1.165) is 43.1 Å². The fraction of sp³-hybridized carbons (Fsp3) is 0.444. The first-order valence-corrected chi connectivity index (χ1v) is 8.40. The molecule has 2 amide bonds. The Hall–Kier alpha value is -2.34. The highest BCUT2D eigenvalue weighted by Crippen LogP contribution is 2.19. The highest BCUT2D eigenvalue weighted by atomic mass is 16.5. The number of ether oxygens (including phenoxy) is 1. The smallest absolute Gasteiger partial charge is 0.319 e. The van der Waals surface area contributed by atoms with Crippen LogP contribution in [-0.4, -0.2) is 35.1 Å². The van der Waals surface area contributed by atoms with Gasteiger partial charge in [0.2, 0.25) is 0 Å². The lowest BCUT2D eigenvalue weighted by Crippen LogP contribution is -2.42. The molecule has 1 aromatic carbocycles. The second-order valence-electron chi connectivity index (χ2n) is 6.29. The van der Waals surface area contributed by atoms with E-state index >= 15 is 0 Å². The maximum absolute atomic E-state index is 12.2. The van der Waals surface area contributed by atoms with Crippen LogP contribution in [0.2, 0.25) is 0 Å². The molecule has 2 heterocycles. The number of carbonyl (C=O) groups excluding carboxylic acids is 1. The summed E-state index contributed by atoms with van der Waals surface area (Å²) < 4.78 is 7.17. The van der Waals surface area contributed by atoms with Crippen LogP contribution in [0.3, 0.4) is 0 Å². The maximum atomic E-state index is 12.2. The van der Waals surface area contributed by atoms with Crippen molar-refractivity contribution in [3.63, 3.8) is 0 Å². The second kappa shape index (κ2) is 7.49. The van der Waals surface area contributed by atoms with Crippen LogP contribution in [0.4, 0.5) is 10.5 Å². The van der Waals surface area contributed by atoms with Crippen molar-refractivity contribution < 1.29 is 9.53 Å². The van der Waals surface area contributed by atoms with Gasteiger partial charge < -0.3 is 15.4 Å². The largest absolute Gasteiger partial charge is 0.381 e. The summed E-state index contributed by atoms with van der Waals surface area (Å²) in [6.07, 6.45) is 3.90. The number of rotatable bonds is 4. The van der Waals surface area contributed by atoms with Gasteiger partial charge in [-0.2, -0.15) is 5.10 Å². The van der Waals surface area contributed by atoms with E-state index < -0.39 is 0 Å². The van der Waals surface area contributed by atoms with E-state index in [1.54, 1.807) is 4.68 Å². The highest BCUT2D eigenvalue weighted by molar-refractivity contribution is 5.89. The van der Waals surface area contributed by atoms with Crippen LogP contribution in [0.15, 0.2) is 36.5 Å². The Balaban J connectivity index is 1.60. The molecule has 3 rings (SSSR count). The van der Waals surface area contributed by atoms with Gasteiger partial charge in [-0.25, -0.2) is 9.48 Å². The molecular formula is C18H24N4O2. The molecule has 6 nitrogen and oxygen atoms in total. The van der Waals surface area contributed by atoms with E-state index in [1.165, 1.54) is 0 Å². The molecule has 1 fully saturated rings. The minimum atomic E-state index is -0.178. The number of nitrogens with zero attached hydrogens (tertiary/aromatic N) is 2. The Bertz CT molecular complexity index is 692. The topological polar surface area (TPSA) is 68.2 Å². The summed E-state index contributed by atoms with van der Waals surface area (Å²) in [5.74, 6) is 0.475. The predicted octanol–water partition coefficient (Wildman–Crippen LogP) is 3.12. The molecule has 2 aromatic rings. The van der Waals surface area contributed by atoms with Gasteiger partial charge in [-0.3, -0.25) is 0 Å². The Morgan fingerprint density at radius 2 is 2.12 bits per heavy atom. The minimum Gasteiger partial charge on any atom is -0.381 e. The van der Waals surface area contributed by atoms with Gasteiger partial charge in [0.1, 0.15) is 0 Å². The minimum absolute atomic E-state index is 0.130. The van der Waals surface area contributed by atoms with Crippen molar-refractivity contribution in [1.29, 1.82) is 0 Å². The summed E-state index contributed by atoms with van der Waals surface area (Å²) in [6, 6.07) is 9.55. The van der Waals surface area contributed by atoms with E-state index in [2.05, 4.69) is 22.7 Å². The van der Waals surface area contributed by atoms with Crippen LogP contribution in [0.25, 0.3) is 5.69 Å². The van der Waals surface area contributed by atoms with Crippen molar-refractivity contribution >= 4 is 11.7 Å². The van der Waals surface area contributed by atoms with Crippen molar-refractivity contribution in [3.8, 4) is 5.69 Å². The van der Waals surface area contributed by atoms with Crippen molar-refractivity contribution in [1.82, 2.24) is 15.1 Å². The average Bonchev–Trinajstić information content (AvgIpc) is 3.02. The Labute approximate surface area is 142 Å². The van der Waals surface area contributed by atoms with Crippen molar-refractivity contribution in [2.75, 3.05) is 18.5 Å². The van der Waals surface area contributed by atoms with Crippen LogP contribution in [0, 0.1) is 12.8 Å². The van der Waals surface area contributed by atoms with Crippen LogP contribution in [-0.2, 0) is 4.74 Å². The molecule has 6 heteroatoms. The van der Waals surface area contributed by atoms with Gasteiger partial charge in [0.15, 0.2) is 0 Å². The molecule has 2 N–H and O–H groups in total. The Kier molecular flexibility index (Phi) is 5.15. The highest BCUT2D eigenvalue weighted by Gasteiger charge is 2.21. The van der Waals surface area contributed by atoms with E-state index in [1.807, 2.05) is 43.5 Å². The average molecular weight is 328 g/mol. The van der Waals surface area contributed by atoms with E-state index in [0.29, 0.717) is 5.92 Å². The van der Waals surface area contributed by atoms with Crippen LogP contribution >= 0.6 is 0 Å². The lowest BCUT2D eigenvalue weighted by Gasteiger charge is -2.28. The number of urea groups is 1. The molecule has 1 unspecified atom stereocenters. The fourth-order valence-electron chi connectivity index (χ4n) is 2.99. The summed E-state index contributed by atoms with van der Waals surface area (Å²) in [7, 11) is 0. The normalized spacial score (nSPS) is 16.6. The number of hydrogen-bond donors (Lipinski definition) is 2. The number of benzene rings is 1. The van der Waals surface area contributed by atoms with E-state index in [4.69, 9.17) is 4.74 Å². The zero-order valence-corrected chi connectivity index (χ0v) is 14.2. The number of hydrogen-bond acceptors (Lipinski definition) is 3. The number of anilines is 1. The monoisotopic (exact) mass is 328 g/mol. The number of aryl methyl sites for hydroxylation is 1. The van der Waals surface area contributed by atoms with Gasteiger partial charge in [-0.1, -0.05) is 6.07 Å². The van der Waals surface area contributed by atoms with Gasteiger partial charge in [0.05, 0.1) is 11.4 Å². The van der Waals surface area contributed by atoms with Gasteiger partial charge in [-0.15, -0.1) is 0 Å². The standard InChI is InChI=1S/C18H24N4O2/c1-13-6-9-22(21-13)17-5-3-4-16(12-17)20-18(23)19-14(2)15-7-10-24-11-8-15/h3-6,9,12,14-15H,7-8,10-11H2,1-2H3,(H2,19,20,23). The quantitative estimate of drug-likeness (QED) is 0.906. The molecule has 1 aromatic heterocycles. The number of aromatic nitrogens is 2. The van der Waals surface area contributed by atoms with Gasteiger partial charge in [0, 0.05) is 31.1 Å². The van der Waals surface area contributed by atoms with Crippen molar-refractivity contribution in [3.05, 3.63) is 42.2 Å². The molecule has 1 atom stereocenters. The zero-order valence-electron chi connectivity index (χ0n) is 14.2. The van der Waals surface area contributed by atoms with Crippen molar-refractivity contribution in [2.24, 2.45) is 5.92 Å². The molecule has 128 valence electrons. The fourth-order valence-corrected chi connectivity index (χ4v) is 2.99. The molecular weight excluding hydrogens is 304 g/mol. The molecule has 0 radical (unpaired) electrons. The molecule has 1 aliphatic heterocycles. The SMILES string of the molecule is Cc1ccn(-c2cccc(NC(=O)NC(C)C3CCOCC3)c2)n1. The zero-order chi connectivity index (χ0) is 16.9. The summed E-state index contributed by atoms with van der Waals surface area (Å²) in [5.41, 5.74) is 2.62.